The minimum absolute atomic E-state index is 0.204. The summed E-state index contributed by atoms with van der Waals surface area (Å²) in [4.78, 5) is 20.3. The van der Waals surface area contributed by atoms with E-state index in [0.29, 0.717) is 11.1 Å². The molecule has 5 nitrogen and oxygen atoms in total. The Bertz CT molecular complexity index is 528. The van der Waals surface area contributed by atoms with Crippen LogP contribution in [0.1, 0.15) is 32.8 Å². The van der Waals surface area contributed by atoms with E-state index in [-0.39, 0.29) is 6.09 Å². The number of hydrogen-bond acceptors (Lipinski definition) is 4. The Morgan fingerprint density at radius 1 is 1.48 bits per heavy atom. The average Bonchev–Trinajstić information content (AvgIpc) is 2.88. The first-order valence-corrected chi connectivity index (χ1v) is 8.37. The van der Waals surface area contributed by atoms with Gasteiger partial charge in [0, 0.05) is 32.4 Å². The highest BCUT2D eigenvalue weighted by molar-refractivity contribution is 6.29. The molecule has 0 unspecified atom stereocenters. The Balaban J connectivity index is 1.78. The summed E-state index contributed by atoms with van der Waals surface area (Å²) in [6, 6.07) is 3.80. The summed E-state index contributed by atoms with van der Waals surface area (Å²) in [6.07, 6.45) is 2.62. The van der Waals surface area contributed by atoms with Gasteiger partial charge in [0.15, 0.2) is 0 Å². The topological polar surface area (TPSA) is 45.7 Å². The summed E-state index contributed by atoms with van der Waals surface area (Å²) in [5.74, 6) is 0.479. The highest BCUT2D eigenvalue weighted by atomic mass is 35.5. The maximum Gasteiger partial charge on any atom is 0.410 e. The van der Waals surface area contributed by atoms with E-state index in [9.17, 15) is 4.79 Å². The van der Waals surface area contributed by atoms with Crippen LogP contribution in [0.5, 0.6) is 0 Å². The Morgan fingerprint density at radius 3 is 2.83 bits per heavy atom. The van der Waals surface area contributed by atoms with Crippen molar-refractivity contribution < 1.29 is 9.53 Å². The minimum Gasteiger partial charge on any atom is -0.444 e. The molecule has 0 aromatic carbocycles. The SMILES string of the molecule is CN(Cc1ccc(Cl)nc1)C[C@@H]1CCN(C(=O)OC(C)(C)C)C1. The van der Waals surface area contributed by atoms with Crippen LogP contribution in [-0.4, -0.2) is 53.2 Å². The van der Waals surface area contributed by atoms with E-state index >= 15 is 0 Å². The molecule has 0 aliphatic carbocycles. The van der Waals surface area contributed by atoms with Gasteiger partial charge in [0.05, 0.1) is 0 Å². The Kier molecular flexibility index (Phi) is 5.87. The first kappa shape index (κ1) is 18.0. The molecule has 0 spiro atoms. The second kappa shape index (κ2) is 7.49. The fraction of sp³-hybridized carbons (Fsp3) is 0.647. The van der Waals surface area contributed by atoms with Crippen molar-refractivity contribution in [2.45, 2.75) is 39.3 Å². The summed E-state index contributed by atoms with van der Waals surface area (Å²) < 4.78 is 5.43. The van der Waals surface area contributed by atoms with Gasteiger partial charge in [-0.25, -0.2) is 9.78 Å². The van der Waals surface area contributed by atoms with Crippen molar-refractivity contribution in [2.75, 3.05) is 26.7 Å². The van der Waals surface area contributed by atoms with Crippen LogP contribution in [0.25, 0.3) is 0 Å². The molecular weight excluding hydrogens is 314 g/mol. The second-order valence-electron chi connectivity index (χ2n) is 7.27. The molecule has 128 valence electrons. The van der Waals surface area contributed by atoms with Crippen molar-refractivity contribution in [1.29, 1.82) is 0 Å². The number of pyridine rings is 1. The molecular formula is C17H26ClN3O2. The Hall–Kier alpha value is -1.33. The first-order chi connectivity index (χ1) is 10.7. The summed E-state index contributed by atoms with van der Waals surface area (Å²) in [6.45, 7) is 8.99. The number of nitrogens with zero attached hydrogens (tertiary/aromatic N) is 3. The van der Waals surface area contributed by atoms with E-state index in [2.05, 4.69) is 16.9 Å². The molecule has 1 aromatic rings. The molecule has 1 saturated heterocycles. The van der Waals surface area contributed by atoms with Gasteiger partial charge in [0.2, 0.25) is 0 Å². The number of carbonyl (C=O) groups excluding carboxylic acids is 1. The molecule has 0 N–H and O–H groups in total. The number of ether oxygens (including phenoxy) is 1. The fourth-order valence-corrected chi connectivity index (χ4v) is 2.90. The highest BCUT2D eigenvalue weighted by Crippen LogP contribution is 2.20. The number of halogens is 1. The van der Waals surface area contributed by atoms with Crippen molar-refractivity contribution in [2.24, 2.45) is 5.92 Å². The van der Waals surface area contributed by atoms with Crippen LogP contribution in [0.2, 0.25) is 5.15 Å². The zero-order chi connectivity index (χ0) is 17.0. The molecule has 2 heterocycles. The van der Waals surface area contributed by atoms with Gasteiger partial charge < -0.3 is 14.5 Å². The molecule has 1 amide bonds. The Labute approximate surface area is 143 Å². The van der Waals surface area contributed by atoms with Crippen LogP contribution in [0, 0.1) is 5.92 Å². The lowest BCUT2D eigenvalue weighted by atomic mass is 10.1. The molecule has 23 heavy (non-hydrogen) atoms. The molecule has 2 rings (SSSR count). The van der Waals surface area contributed by atoms with Gasteiger partial charge in [-0.1, -0.05) is 17.7 Å². The third kappa shape index (κ3) is 5.99. The minimum atomic E-state index is -0.437. The van der Waals surface area contributed by atoms with Crippen LogP contribution in [0.3, 0.4) is 0 Å². The van der Waals surface area contributed by atoms with Crippen molar-refractivity contribution >= 4 is 17.7 Å². The summed E-state index contributed by atoms with van der Waals surface area (Å²) in [5, 5.41) is 0.514. The molecule has 1 atom stereocenters. The van der Waals surface area contributed by atoms with Crippen LogP contribution in [-0.2, 0) is 11.3 Å². The van der Waals surface area contributed by atoms with Crippen molar-refractivity contribution in [3.05, 3.63) is 29.0 Å². The van der Waals surface area contributed by atoms with E-state index in [1.807, 2.05) is 37.8 Å². The normalized spacial score (nSPS) is 18.5. The number of rotatable bonds is 4. The first-order valence-electron chi connectivity index (χ1n) is 8.00. The zero-order valence-electron chi connectivity index (χ0n) is 14.4. The maximum atomic E-state index is 12.1. The molecule has 1 aliphatic heterocycles. The number of aromatic nitrogens is 1. The van der Waals surface area contributed by atoms with Crippen LogP contribution >= 0.6 is 11.6 Å². The average molecular weight is 340 g/mol. The fourth-order valence-electron chi connectivity index (χ4n) is 2.79. The highest BCUT2D eigenvalue weighted by Gasteiger charge is 2.30. The molecule has 1 aliphatic rings. The third-order valence-corrected chi connectivity index (χ3v) is 3.97. The quantitative estimate of drug-likeness (QED) is 0.788. The smallest absolute Gasteiger partial charge is 0.410 e. The number of hydrogen-bond donors (Lipinski definition) is 0. The number of likely N-dealkylation sites (tertiary alicyclic amines) is 1. The third-order valence-electron chi connectivity index (χ3n) is 3.75. The molecule has 0 radical (unpaired) electrons. The zero-order valence-corrected chi connectivity index (χ0v) is 15.1. The lowest BCUT2D eigenvalue weighted by Crippen LogP contribution is -2.36. The molecule has 1 aromatic heterocycles. The van der Waals surface area contributed by atoms with E-state index in [0.717, 1.165) is 38.2 Å². The summed E-state index contributed by atoms with van der Waals surface area (Å²) in [5.41, 5.74) is 0.701. The molecule has 0 bridgehead atoms. The van der Waals surface area contributed by atoms with Crippen LogP contribution in [0.4, 0.5) is 4.79 Å². The van der Waals surface area contributed by atoms with E-state index in [4.69, 9.17) is 16.3 Å². The largest absolute Gasteiger partial charge is 0.444 e. The molecule has 0 saturated carbocycles. The van der Waals surface area contributed by atoms with E-state index in [1.54, 1.807) is 6.20 Å². The van der Waals surface area contributed by atoms with Crippen LogP contribution < -0.4 is 0 Å². The van der Waals surface area contributed by atoms with Crippen molar-refractivity contribution in [3.8, 4) is 0 Å². The van der Waals surface area contributed by atoms with Gasteiger partial charge in [0.25, 0.3) is 0 Å². The summed E-state index contributed by atoms with van der Waals surface area (Å²) >= 11 is 5.80. The van der Waals surface area contributed by atoms with E-state index < -0.39 is 5.60 Å². The summed E-state index contributed by atoms with van der Waals surface area (Å²) in [7, 11) is 2.09. The number of amides is 1. The second-order valence-corrected chi connectivity index (χ2v) is 7.65. The van der Waals surface area contributed by atoms with Gasteiger partial charge in [-0.15, -0.1) is 0 Å². The van der Waals surface area contributed by atoms with Gasteiger partial charge in [0.1, 0.15) is 10.8 Å². The number of carbonyl (C=O) groups is 1. The lowest BCUT2D eigenvalue weighted by molar-refractivity contribution is 0.0285. The predicted molar refractivity (Wildman–Crippen MR) is 91.5 cm³/mol. The molecule has 1 fully saturated rings. The van der Waals surface area contributed by atoms with Gasteiger partial charge >= 0.3 is 6.09 Å². The van der Waals surface area contributed by atoms with Crippen LogP contribution in [0.15, 0.2) is 18.3 Å². The van der Waals surface area contributed by atoms with Gasteiger partial charge in [-0.3, -0.25) is 0 Å². The van der Waals surface area contributed by atoms with Crippen molar-refractivity contribution in [1.82, 2.24) is 14.8 Å². The maximum absolute atomic E-state index is 12.1. The lowest BCUT2D eigenvalue weighted by Gasteiger charge is -2.25. The Morgan fingerprint density at radius 2 is 2.22 bits per heavy atom. The van der Waals surface area contributed by atoms with E-state index in [1.165, 1.54) is 0 Å². The van der Waals surface area contributed by atoms with Gasteiger partial charge in [-0.2, -0.15) is 0 Å². The van der Waals surface area contributed by atoms with Gasteiger partial charge in [-0.05, 0) is 51.8 Å². The molecule has 6 heteroatoms. The van der Waals surface area contributed by atoms with Crippen molar-refractivity contribution in [3.63, 3.8) is 0 Å². The monoisotopic (exact) mass is 339 g/mol. The standard InChI is InChI=1S/C17H26ClN3O2/c1-17(2,3)23-16(22)21-8-7-14(12-21)11-20(4)10-13-5-6-15(18)19-9-13/h5-6,9,14H,7-8,10-12H2,1-4H3/t14-/m0/s1. The predicted octanol–water partition coefficient (Wildman–Crippen LogP) is 3.42.